The molecule has 3 N–H and O–H groups in total. The van der Waals surface area contributed by atoms with Crippen molar-refractivity contribution < 1.29 is 19.4 Å². The number of ether oxygens (including phenoxy) is 1. The number of hydrogen-bond donors (Lipinski definition) is 3. The second-order valence-electron chi connectivity index (χ2n) is 14.4. The number of thiazole rings is 1. The number of aliphatic hydroxyl groups excluding tert-OH is 1. The first-order valence-electron chi connectivity index (χ1n) is 17.2. The molecule has 11 heteroatoms. The summed E-state index contributed by atoms with van der Waals surface area (Å²) in [6, 6.07) is 7.92. The molecule has 0 spiro atoms. The molecule has 252 valence electrons. The zero-order valence-electron chi connectivity index (χ0n) is 28.0. The number of hydrogen-bond acceptors (Lipinski definition) is 9. The van der Waals surface area contributed by atoms with Gasteiger partial charge in [0, 0.05) is 81.2 Å². The normalized spacial score (nSPS) is 29.8. The van der Waals surface area contributed by atoms with Crippen LogP contribution in [-0.4, -0.2) is 115 Å². The van der Waals surface area contributed by atoms with Crippen molar-refractivity contribution in [2.24, 2.45) is 23.2 Å². The van der Waals surface area contributed by atoms with E-state index in [9.17, 15) is 14.7 Å². The van der Waals surface area contributed by atoms with E-state index in [-0.39, 0.29) is 40.9 Å². The standard InChI is InChI=1S/C35H52N6O4S/c1-23(32(43)36-11-12-40-17-19-45-20-18-40)27-9-10-35(3)21-28-30(24(2)29(35)31(27)42)37-34(46-28)38-33(44)26-7-5-25(6-8-26)22-41-15-13-39(4)14-16-41/h5-8,23-24,27,29,31,42H,9-22H2,1-4H3,(H,36,43)(H,37,38,44)/t23-,24-,27+,29+,31-,35-/m0/s1. The highest BCUT2D eigenvalue weighted by Crippen LogP contribution is 2.57. The van der Waals surface area contributed by atoms with Gasteiger partial charge in [0.25, 0.3) is 5.91 Å². The van der Waals surface area contributed by atoms with Gasteiger partial charge in [-0.25, -0.2) is 4.98 Å². The number of morpholine rings is 1. The third-order valence-electron chi connectivity index (χ3n) is 11.2. The summed E-state index contributed by atoms with van der Waals surface area (Å²) in [6.45, 7) is 16.3. The van der Waals surface area contributed by atoms with Gasteiger partial charge in [-0.1, -0.05) is 32.9 Å². The predicted molar refractivity (Wildman–Crippen MR) is 181 cm³/mol. The Labute approximate surface area is 277 Å². The minimum absolute atomic E-state index is 0.000786. The summed E-state index contributed by atoms with van der Waals surface area (Å²) < 4.78 is 5.42. The molecule has 46 heavy (non-hydrogen) atoms. The van der Waals surface area contributed by atoms with Gasteiger partial charge in [0.2, 0.25) is 5.91 Å². The van der Waals surface area contributed by atoms with Crippen molar-refractivity contribution in [2.75, 3.05) is 77.9 Å². The van der Waals surface area contributed by atoms with Gasteiger partial charge in [-0.2, -0.15) is 0 Å². The Kier molecular flexibility index (Phi) is 10.5. The van der Waals surface area contributed by atoms with Crippen LogP contribution in [0, 0.1) is 23.2 Å². The highest BCUT2D eigenvalue weighted by Gasteiger charge is 2.54. The Balaban J connectivity index is 1.06. The van der Waals surface area contributed by atoms with Crippen LogP contribution in [-0.2, 0) is 22.5 Å². The van der Waals surface area contributed by atoms with Crippen molar-refractivity contribution in [3.8, 4) is 0 Å². The minimum atomic E-state index is -0.592. The van der Waals surface area contributed by atoms with Crippen molar-refractivity contribution in [3.63, 3.8) is 0 Å². The zero-order valence-corrected chi connectivity index (χ0v) is 28.8. The molecule has 2 aliphatic heterocycles. The number of aliphatic hydroxyl groups is 1. The highest BCUT2D eigenvalue weighted by atomic mass is 32.1. The van der Waals surface area contributed by atoms with Gasteiger partial charge in [0.1, 0.15) is 0 Å². The van der Waals surface area contributed by atoms with Crippen LogP contribution in [0.15, 0.2) is 24.3 Å². The molecule has 0 radical (unpaired) electrons. The third-order valence-corrected chi connectivity index (χ3v) is 12.2. The molecule has 3 heterocycles. The molecule has 1 aromatic heterocycles. The topological polar surface area (TPSA) is 110 Å². The van der Waals surface area contributed by atoms with Crippen molar-refractivity contribution in [1.82, 2.24) is 25.0 Å². The second-order valence-corrected chi connectivity index (χ2v) is 15.5. The van der Waals surface area contributed by atoms with Gasteiger partial charge in [-0.05, 0) is 61.3 Å². The van der Waals surface area contributed by atoms with Gasteiger partial charge in [-0.3, -0.25) is 24.7 Å². The monoisotopic (exact) mass is 652 g/mol. The van der Waals surface area contributed by atoms with Gasteiger partial charge >= 0.3 is 0 Å². The molecule has 10 nitrogen and oxygen atoms in total. The lowest BCUT2D eigenvalue weighted by Gasteiger charge is -2.53. The number of aromatic nitrogens is 1. The van der Waals surface area contributed by atoms with E-state index in [4.69, 9.17) is 9.72 Å². The summed E-state index contributed by atoms with van der Waals surface area (Å²) in [5.74, 6) is -0.462. The van der Waals surface area contributed by atoms with Crippen LogP contribution in [0.25, 0.3) is 0 Å². The number of benzene rings is 1. The number of rotatable bonds is 9. The number of likely N-dealkylation sites (N-methyl/N-ethyl adjacent to an activating group) is 1. The van der Waals surface area contributed by atoms with E-state index in [1.165, 1.54) is 10.4 Å². The summed E-state index contributed by atoms with van der Waals surface area (Å²) in [7, 11) is 2.16. The lowest BCUT2D eigenvalue weighted by Crippen LogP contribution is -2.53. The smallest absolute Gasteiger partial charge is 0.257 e. The lowest BCUT2D eigenvalue weighted by atomic mass is 9.53. The van der Waals surface area contributed by atoms with Gasteiger partial charge in [0.15, 0.2) is 5.13 Å². The Morgan fingerprint density at radius 1 is 1.11 bits per heavy atom. The molecule has 0 bridgehead atoms. The maximum Gasteiger partial charge on any atom is 0.257 e. The van der Waals surface area contributed by atoms with Gasteiger partial charge < -0.3 is 20.1 Å². The summed E-state index contributed by atoms with van der Waals surface area (Å²) in [4.78, 5) is 39.6. The number of piperazine rings is 1. The Morgan fingerprint density at radius 2 is 1.83 bits per heavy atom. The molecular formula is C35H52N6O4S. The molecule has 2 saturated heterocycles. The van der Waals surface area contributed by atoms with Crippen molar-refractivity contribution in [1.29, 1.82) is 0 Å². The van der Waals surface area contributed by atoms with E-state index in [1.807, 2.05) is 19.1 Å². The van der Waals surface area contributed by atoms with Crippen LogP contribution >= 0.6 is 11.3 Å². The summed E-state index contributed by atoms with van der Waals surface area (Å²) in [5.41, 5.74) is 2.74. The molecule has 0 unspecified atom stereocenters. The number of carbonyl (C=O) groups is 2. The predicted octanol–water partition coefficient (Wildman–Crippen LogP) is 3.28. The number of fused-ring (bicyclic) bond motifs is 2. The van der Waals surface area contributed by atoms with Crippen LogP contribution in [0.3, 0.4) is 0 Å². The maximum absolute atomic E-state index is 13.2. The second kappa shape index (κ2) is 14.4. The number of nitrogens with one attached hydrogen (secondary N) is 2. The number of carbonyl (C=O) groups excluding carboxylic acids is 2. The Hall–Kier alpha value is -2.41. The SMILES string of the molecule is C[C@H](C(=O)NCCN1CCOCC1)[C@H]1CC[C@@]2(C)Cc3sc(NC(=O)c4ccc(CN5CCN(C)CC5)cc4)nc3[C@@H](C)[C@@H]2[C@H]1O. The van der Waals surface area contributed by atoms with E-state index in [2.05, 4.69) is 58.4 Å². The van der Waals surface area contributed by atoms with Crippen LogP contribution in [0.2, 0.25) is 0 Å². The van der Waals surface area contributed by atoms with Crippen LogP contribution in [0.1, 0.15) is 66.0 Å². The summed E-state index contributed by atoms with van der Waals surface area (Å²) >= 11 is 1.57. The van der Waals surface area contributed by atoms with Gasteiger partial charge in [0.05, 0.1) is 25.0 Å². The largest absolute Gasteiger partial charge is 0.392 e. The third kappa shape index (κ3) is 7.34. The van der Waals surface area contributed by atoms with E-state index >= 15 is 0 Å². The highest BCUT2D eigenvalue weighted by molar-refractivity contribution is 7.15. The molecule has 2 aliphatic carbocycles. The lowest BCUT2D eigenvalue weighted by molar-refractivity contribution is -0.134. The molecule has 4 aliphatic rings. The van der Waals surface area contributed by atoms with Crippen molar-refractivity contribution >= 4 is 28.3 Å². The molecule has 2 aromatic rings. The van der Waals surface area contributed by atoms with Gasteiger partial charge in [-0.15, -0.1) is 11.3 Å². The van der Waals surface area contributed by atoms with E-state index in [1.54, 1.807) is 11.3 Å². The maximum atomic E-state index is 13.2. The Morgan fingerprint density at radius 3 is 2.54 bits per heavy atom. The fourth-order valence-corrected chi connectivity index (χ4v) is 9.57. The van der Waals surface area contributed by atoms with Crippen LogP contribution in [0.5, 0.6) is 0 Å². The van der Waals surface area contributed by atoms with E-state index < -0.39 is 6.10 Å². The molecule has 3 fully saturated rings. The first-order valence-corrected chi connectivity index (χ1v) is 18.0. The average Bonchev–Trinajstić information content (AvgIpc) is 3.44. The molecule has 1 aromatic carbocycles. The minimum Gasteiger partial charge on any atom is -0.392 e. The summed E-state index contributed by atoms with van der Waals surface area (Å²) in [6.07, 6.45) is 2.01. The quantitative estimate of drug-likeness (QED) is 0.379. The summed E-state index contributed by atoms with van der Waals surface area (Å²) in [5, 5.41) is 18.6. The zero-order chi connectivity index (χ0) is 32.4. The molecule has 6 atom stereocenters. The van der Waals surface area contributed by atoms with E-state index in [0.717, 1.165) is 90.5 Å². The fraction of sp³-hybridized carbons (Fsp3) is 0.686. The Bertz CT molecular complexity index is 1360. The number of nitrogens with zero attached hydrogens (tertiary/aromatic N) is 4. The van der Waals surface area contributed by atoms with Crippen molar-refractivity contribution in [3.05, 3.63) is 46.0 Å². The number of anilines is 1. The number of amides is 2. The first kappa shape index (κ1) is 33.5. The average molecular weight is 653 g/mol. The molecule has 1 saturated carbocycles. The fourth-order valence-electron chi connectivity index (χ4n) is 8.31. The first-order chi connectivity index (χ1) is 22.1. The van der Waals surface area contributed by atoms with Crippen LogP contribution < -0.4 is 10.6 Å². The molecule has 6 rings (SSSR count). The molecular weight excluding hydrogens is 600 g/mol. The van der Waals surface area contributed by atoms with E-state index in [0.29, 0.717) is 17.2 Å². The van der Waals surface area contributed by atoms with Crippen molar-refractivity contribution in [2.45, 2.75) is 58.6 Å². The van der Waals surface area contributed by atoms with Crippen LogP contribution in [0.4, 0.5) is 5.13 Å². The molecule has 2 amide bonds.